The molecule has 2 rings (SSSR count). The second kappa shape index (κ2) is 10.0. The Morgan fingerprint density at radius 2 is 2.04 bits per heavy atom. The van der Waals surface area contributed by atoms with E-state index < -0.39 is 0 Å². The van der Waals surface area contributed by atoms with Crippen LogP contribution in [-0.2, 0) is 4.79 Å². The molecule has 1 amide bonds. The average molecular weight is 360 g/mol. The van der Waals surface area contributed by atoms with E-state index in [1.54, 1.807) is 19.0 Å². The minimum atomic E-state index is 0.0935. The van der Waals surface area contributed by atoms with Crippen molar-refractivity contribution in [2.24, 2.45) is 4.99 Å². The number of nitrogens with zero attached hydrogens (tertiary/aromatic N) is 3. The van der Waals surface area contributed by atoms with Crippen LogP contribution in [0.15, 0.2) is 29.3 Å². The maximum Gasteiger partial charge on any atom is 0.223 e. The van der Waals surface area contributed by atoms with E-state index in [1.165, 1.54) is 24.1 Å². The van der Waals surface area contributed by atoms with E-state index in [-0.39, 0.29) is 11.9 Å². The summed E-state index contributed by atoms with van der Waals surface area (Å²) in [6.45, 7) is 7.74. The first-order chi connectivity index (χ1) is 12.5. The second-order valence-corrected chi connectivity index (χ2v) is 6.95. The molecule has 1 unspecified atom stereocenters. The fourth-order valence-corrected chi connectivity index (χ4v) is 3.06. The van der Waals surface area contributed by atoms with Gasteiger partial charge in [-0.05, 0) is 44.4 Å². The second-order valence-electron chi connectivity index (χ2n) is 6.95. The maximum absolute atomic E-state index is 11.7. The van der Waals surface area contributed by atoms with Crippen LogP contribution in [0.5, 0.6) is 0 Å². The van der Waals surface area contributed by atoms with Gasteiger partial charge in [0.1, 0.15) is 0 Å². The highest BCUT2D eigenvalue weighted by atomic mass is 16.2. The number of amides is 1. The lowest BCUT2D eigenvalue weighted by Crippen LogP contribution is -2.39. The van der Waals surface area contributed by atoms with Crippen molar-refractivity contribution in [3.05, 3.63) is 29.8 Å². The van der Waals surface area contributed by atoms with Gasteiger partial charge >= 0.3 is 0 Å². The van der Waals surface area contributed by atoms with Crippen molar-refractivity contribution in [1.82, 2.24) is 15.5 Å². The highest BCUT2D eigenvalue weighted by Crippen LogP contribution is 2.23. The monoisotopic (exact) mass is 359 g/mol. The zero-order chi connectivity index (χ0) is 18.9. The number of nitrogens with one attached hydrogen (secondary N) is 2. The molecule has 1 aromatic carbocycles. The summed E-state index contributed by atoms with van der Waals surface area (Å²) in [5, 5.41) is 6.71. The van der Waals surface area contributed by atoms with Gasteiger partial charge in [0, 0.05) is 45.8 Å². The number of aliphatic imine (C=N–C) groups is 1. The topological polar surface area (TPSA) is 60.0 Å². The number of guanidine groups is 1. The van der Waals surface area contributed by atoms with Gasteiger partial charge in [0.25, 0.3) is 0 Å². The molecule has 0 radical (unpaired) electrons. The molecule has 0 aromatic heterocycles. The average Bonchev–Trinajstić information content (AvgIpc) is 3.16. The van der Waals surface area contributed by atoms with Crippen LogP contribution in [-0.4, -0.2) is 57.0 Å². The normalized spacial score (nSPS) is 15.7. The Morgan fingerprint density at radius 3 is 2.69 bits per heavy atom. The molecule has 6 heteroatoms. The quantitative estimate of drug-likeness (QED) is 0.580. The molecule has 1 aliphatic rings. The lowest BCUT2D eigenvalue weighted by molar-refractivity contribution is -0.128. The molecule has 6 nitrogen and oxygen atoms in total. The van der Waals surface area contributed by atoms with Gasteiger partial charge in [0.2, 0.25) is 5.91 Å². The molecule has 1 aromatic rings. The standard InChI is InChI=1S/C20H33N5O/c1-5-21-20(22-12-11-19(26)24(3)4)23-16(2)17-9-8-10-18(15-17)25-13-6-7-14-25/h8-10,15-16H,5-7,11-14H2,1-4H3,(H2,21,22,23). The van der Waals surface area contributed by atoms with E-state index in [0.717, 1.165) is 25.6 Å². The Hall–Kier alpha value is -2.24. The van der Waals surface area contributed by atoms with Crippen molar-refractivity contribution in [2.45, 2.75) is 39.2 Å². The fourth-order valence-electron chi connectivity index (χ4n) is 3.06. The van der Waals surface area contributed by atoms with Gasteiger partial charge < -0.3 is 20.4 Å². The van der Waals surface area contributed by atoms with E-state index in [4.69, 9.17) is 0 Å². The summed E-state index contributed by atoms with van der Waals surface area (Å²) in [5.74, 6) is 0.842. The molecule has 144 valence electrons. The van der Waals surface area contributed by atoms with Crippen LogP contribution in [0, 0.1) is 0 Å². The van der Waals surface area contributed by atoms with Crippen molar-refractivity contribution >= 4 is 17.6 Å². The Morgan fingerprint density at radius 1 is 1.31 bits per heavy atom. The number of rotatable bonds is 7. The summed E-state index contributed by atoms with van der Waals surface area (Å²) in [6.07, 6.45) is 2.98. The van der Waals surface area contributed by atoms with Crippen LogP contribution in [0.2, 0.25) is 0 Å². The first-order valence-electron chi connectivity index (χ1n) is 9.61. The summed E-state index contributed by atoms with van der Waals surface area (Å²) in [6, 6.07) is 8.87. The van der Waals surface area contributed by atoms with E-state index in [2.05, 4.69) is 51.7 Å². The van der Waals surface area contributed by atoms with E-state index >= 15 is 0 Å². The van der Waals surface area contributed by atoms with E-state index in [1.807, 2.05) is 6.92 Å². The van der Waals surface area contributed by atoms with Crippen LogP contribution < -0.4 is 15.5 Å². The Bertz CT molecular complexity index is 608. The Kier molecular flexibility index (Phi) is 7.75. The lowest BCUT2D eigenvalue weighted by Gasteiger charge is -2.22. The molecule has 0 aliphatic carbocycles. The zero-order valence-electron chi connectivity index (χ0n) is 16.6. The van der Waals surface area contributed by atoms with Gasteiger partial charge in [-0.2, -0.15) is 0 Å². The number of hydrogen-bond donors (Lipinski definition) is 2. The summed E-state index contributed by atoms with van der Waals surface area (Å²) in [5.41, 5.74) is 2.54. The third kappa shape index (κ3) is 5.93. The van der Waals surface area contributed by atoms with Crippen molar-refractivity contribution < 1.29 is 4.79 Å². The van der Waals surface area contributed by atoms with Crippen LogP contribution in [0.1, 0.15) is 44.7 Å². The molecule has 2 N–H and O–H groups in total. The predicted octanol–water partition coefficient (Wildman–Crippen LogP) is 2.38. The molecule has 1 atom stereocenters. The minimum absolute atomic E-state index is 0.0935. The van der Waals surface area contributed by atoms with Crippen molar-refractivity contribution in [2.75, 3.05) is 45.2 Å². The van der Waals surface area contributed by atoms with Crippen molar-refractivity contribution in [3.8, 4) is 0 Å². The largest absolute Gasteiger partial charge is 0.372 e. The molecule has 1 fully saturated rings. The Labute approximate surface area is 157 Å². The third-order valence-electron chi connectivity index (χ3n) is 4.63. The smallest absolute Gasteiger partial charge is 0.223 e. The number of anilines is 1. The highest BCUT2D eigenvalue weighted by Gasteiger charge is 2.14. The van der Waals surface area contributed by atoms with Gasteiger partial charge in [-0.15, -0.1) is 0 Å². The summed E-state index contributed by atoms with van der Waals surface area (Å²) in [7, 11) is 3.54. The molecule has 0 bridgehead atoms. The first-order valence-corrected chi connectivity index (χ1v) is 9.61. The molecular formula is C20H33N5O. The first kappa shape index (κ1) is 20.1. The number of carbonyl (C=O) groups excluding carboxylic acids is 1. The molecule has 1 saturated heterocycles. The maximum atomic E-state index is 11.7. The van der Waals surface area contributed by atoms with Crippen molar-refractivity contribution in [3.63, 3.8) is 0 Å². The number of benzene rings is 1. The number of hydrogen-bond acceptors (Lipinski definition) is 3. The molecule has 0 saturated carbocycles. The van der Waals surface area contributed by atoms with Crippen molar-refractivity contribution in [1.29, 1.82) is 0 Å². The lowest BCUT2D eigenvalue weighted by atomic mass is 10.1. The summed E-state index contributed by atoms with van der Waals surface area (Å²) < 4.78 is 0. The zero-order valence-corrected chi connectivity index (χ0v) is 16.6. The SMILES string of the molecule is CCNC(=NCCC(=O)N(C)C)NC(C)c1cccc(N2CCCC2)c1. The molecule has 26 heavy (non-hydrogen) atoms. The minimum Gasteiger partial charge on any atom is -0.372 e. The highest BCUT2D eigenvalue weighted by molar-refractivity contribution is 5.81. The van der Waals surface area contributed by atoms with Crippen LogP contribution >= 0.6 is 0 Å². The molecule has 1 aliphatic heterocycles. The van der Waals surface area contributed by atoms with Gasteiger partial charge in [-0.1, -0.05) is 12.1 Å². The fraction of sp³-hybridized carbons (Fsp3) is 0.600. The summed E-state index contributed by atoms with van der Waals surface area (Å²) >= 11 is 0. The van der Waals surface area contributed by atoms with Gasteiger partial charge in [0.15, 0.2) is 5.96 Å². The van der Waals surface area contributed by atoms with Crippen LogP contribution in [0.4, 0.5) is 5.69 Å². The molecular weight excluding hydrogens is 326 g/mol. The third-order valence-corrected chi connectivity index (χ3v) is 4.63. The van der Waals surface area contributed by atoms with Crippen LogP contribution in [0.25, 0.3) is 0 Å². The molecule has 0 spiro atoms. The van der Waals surface area contributed by atoms with Crippen LogP contribution in [0.3, 0.4) is 0 Å². The Balaban J connectivity index is 1.98. The van der Waals surface area contributed by atoms with Gasteiger partial charge in [0.05, 0.1) is 12.6 Å². The van der Waals surface area contributed by atoms with E-state index in [9.17, 15) is 4.79 Å². The predicted molar refractivity (Wildman–Crippen MR) is 109 cm³/mol. The number of carbonyl (C=O) groups is 1. The van der Waals surface area contributed by atoms with Gasteiger partial charge in [-0.25, -0.2) is 0 Å². The summed E-state index contributed by atoms with van der Waals surface area (Å²) in [4.78, 5) is 20.3. The van der Waals surface area contributed by atoms with E-state index in [0.29, 0.717) is 13.0 Å². The molecule has 1 heterocycles. The van der Waals surface area contributed by atoms with Gasteiger partial charge in [-0.3, -0.25) is 9.79 Å².